The van der Waals surface area contributed by atoms with Crippen LogP contribution in [-0.2, 0) is 16.1 Å². The van der Waals surface area contributed by atoms with E-state index in [9.17, 15) is 9.59 Å². The number of aromatic amines is 1. The predicted octanol–water partition coefficient (Wildman–Crippen LogP) is 0.917. The average molecular weight is 251 g/mol. The number of aromatic nitrogens is 2. The van der Waals surface area contributed by atoms with Crippen molar-refractivity contribution in [1.82, 2.24) is 15.3 Å². The largest absolute Gasteiger partial charge is 0.481 e. The second kappa shape index (κ2) is 5.66. The molecule has 1 fully saturated rings. The van der Waals surface area contributed by atoms with Crippen molar-refractivity contribution in [3.05, 3.63) is 18.2 Å². The van der Waals surface area contributed by atoms with Crippen LogP contribution in [0.4, 0.5) is 0 Å². The molecule has 2 rings (SSSR count). The zero-order valence-electron chi connectivity index (χ0n) is 10.1. The van der Waals surface area contributed by atoms with Crippen molar-refractivity contribution < 1.29 is 14.7 Å². The highest BCUT2D eigenvalue weighted by Crippen LogP contribution is 2.29. The van der Waals surface area contributed by atoms with Gasteiger partial charge in [-0.3, -0.25) is 9.59 Å². The first-order valence-electron chi connectivity index (χ1n) is 6.14. The summed E-state index contributed by atoms with van der Waals surface area (Å²) >= 11 is 0. The van der Waals surface area contributed by atoms with E-state index in [1.54, 1.807) is 12.5 Å². The van der Waals surface area contributed by atoms with Crippen LogP contribution in [0.25, 0.3) is 0 Å². The Hall–Kier alpha value is -1.85. The number of hydrogen-bond acceptors (Lipinski definition) is 3. The molecular weight excluding hydrogens is 234 g/mol. The van der Waals surface area contributed by atoms with Crippen molar-refractivity contribution in [2.45, 2.75) is 32.2 Å². The summed E-state index contributed by atoms with van der Waals surface area (Å²) < 4.78 is 0. The van der Waals surface area contributed by atoms with Gasteiger partial charge >= 0.3 is 5.97 Å². The molecule has 1 aromatic rings. The van der Waals surface area contributed by atoms with Gasteiger partial charge in [-0.15, -0.1) is 0 Å². The van der Waals surface area contributed by atoms with Gasteiger partial charge in [-0.05, 0) is 19.3 Å². The van der Waals surface area contributed by atoms with Crippen LogP contribution in [0.5, 0.6) is 0 Å². The molecule has 18 heavy (non-hydrogen) atoms. The van der Waals surface area contributed by atoms with Gasteiger partial charge in [0.25, 0.3) is 0 Å². The summed E-state index contributed by atoms with van der Waals surface area (Å²) in [7, 11) is 0. The number of rotatable bonds is 4. The van der Waals surface area contributed by atoms with Crippen molar-refractivity contribution in [1.29, 1.82) is 0 Å². The summed E-state index contributed by atoms with van der Waals surface area (Å²) in [5, 5.41) is 11.8. The second-order valence-corrected chi connectivity index (χ2v) is 4.69. The van der Waals surface area contributed by atoms with E-state index in [4.69, 9.17) is 5.11 Å². The normalized spacial score (nSPS) is 23.6. The highest BCUT2D eigenvalue weighted by Gasteiger charge is 2.30. The third-order valence-corrected chi connectivity index (χ3v) is 3.40. The smallest absolute Gasteiger partial charge is 0.306 e. The van der Waals surface area contributed by atoms with Gasteiger partial charge in [0.2, 0.25) is 5.91 Å². The number of carboxylic acid groups (broad SMARTS) is 1. The summed E-state index contributed by atoms with van der Waals surface area (Å²) in [6, 6.07) is 0. The molecular formula is C12H17N3O3. The Bertz CT molecular complexity index is 416. The second-order valence-electron chi connectivity index (χ2n) is 4.69. The zero-order chi connectivity index (χ0) is 13.0. The van der Waals surface area contributed by atoms with Crippen molar-refractivity contribution in [2.24, 2.45) is 11.8 Å². The molecule has 6 heteroatoms. The van der Waals surface area contributed by atoms with Gasteiger partial charge in [-0.2, -0.15) is 0 Å². The molecule has 1 amide bonds. The number of H-pyrrole nitrogens is 1. The van der Waals surface area contributed by atoms with E-state index in [0.717, 1.165) is 18.5 Å². The summed E-state index contributed by atoms with van der Waals surface area (Å²) in [6.07, 6.45) is 5.92. The average Bonchev–Trinajstić information content (AvgIpc) is 2.89. The van der Waals surface area contributed by atoms with Crippen LogP contribution in [0, 0.1) is 11.8 Å². The molecule has 1 aliphatic carbocycles. The van der Waals surface area contributed by atoms with Crippen molar-refractivity contribution in [3.63, 3.8) is 0 Å². The molecule has 0 bridgehead atoms. The lowest BCUT2D eigenvalue weighted by Gasteiger charge is -2.25. The predicted molar refractivity (Wildman–Crippen MR) is 63.5 cm³/mol. The van der Waals surface area contributed by atoms with Crippen LogP contribution in [0.1, 0.15) is 31.4 Å². The first-order chi connectivity index (χ1) is 8.66. The fourth-order valence-electron chi connectivity index (χ4n) is 2.36. The lowest BCUT2D eigenvalue weighted by molar-refractivity contribution is -0.144. The monoisotopic (exact) mass is 251 g/mol. The number of hydrogen-bond donors (Lipinski definition) is 3. The fraction of sp³-hybridized carbons (Fsp3) is 0.583. The Kier molecular flexibility index (Phi) is 3.96. The SMILES string of the molecule is O=C(O)C1CCCC(C(=O)NCc2cnc[nH]2)C1. The van der Waals surface area contributed by atoms with Crippen LogP contribution < -0.4 is 5.32 Å². The van der Waals surface area contributed by atoms with E-state index in [0.29, 0.717) is 19.4 Å². The number of imidazole rings is 1. The molecule has 1 heterocycles. The topological polar surface area (TPSA) is 95.1 Å². The maximum atomic E-state index is 11.9. The molecule has 0 radical (unpaired) electrons. The summed E-state index contributed by atoms with van der Waals surface area (Å²) in [4.78, 5) is 29.6. The van der Waals surface area contributed by atoms with Crippen molar-refractivity contribution in [2.75, 3.05) is 0 Å². The minimum absolute atomic E-state index is 0.0597. The van der Waals surface area contributed by atoms with Crippen molar-refractivity contribution in [3.8, 4) is 0 Å². The van der Waals surface area contributed by atoms with Gasteiger partial charge < -0.3 is 15.4 Å². The minimum atomic E-state index is -0.791. The summed E-state index contributed by atoms with van der Waals surface area (Å²) in [5.74, 6) is -1.40. The zero-order valence-corrected chi connectivity index (χ0v) is 10.1. The van der Waals surface area contributed by atoms with Gasteiger partial charge in [-0.1, -0.05) is 6.42 Å². The lowest BCUT2D eigenvalue weighted by Crippen LogP contribution is -2.35. The molecule has 1 aliphatic rings. The van der Waals surface area contributed by atoms with E-state index in [1.165, 1.54) is 0 Å². The Balaban J connectivity index is 1.83. The quantitative estimate of drug-likeness (QED) is 0.741. The first-order valence-corrected chi connectivity index (χ1v) is 6.14. The molecule has 0 aliphatic heterocycles. The Morgan fingerprint density at radius 3 is 2.89 bits per heavy atom. The van der Waals surface area contributed by atoms with Crippen LogP contribution in [-0.4, -0.2) is 27.0 Å². The molecule has 1 saturated carbocycles. The molecule has 98 valence electrons. The van der Waals surface area contributed by atoms with Gasteiger partial charge in [-0.25, -0.2) is 4.98 Å². The number of carboxylic acids is 1. The molecule has 1 aromatic heterocycles. The van der Waals surface area contributed by atoms with Crippen LogP contribution in [0.15, 0.2) is 12.5 Å². The highest BCUT2D eigenvalue weighted by molar-refractivity contribution is 5.80. The number of aliphatic carboxylic acids is 1. The minimum Gasteiger partial charge on any atom is -0.481 e. The molecule has 0 saturated heterocycles. The molecule has 2 unspecified atom stereocenters. The Morgan fingerprint density at radius 2 is 2.22 bits per heavy atom. The molecule has 0 aromatic carbocycles. The maximum absolute atomic E-state index is 11.9. The van der Waals surface area contributed by atoms with E-state index >= 15 is 0 Å². The first kappa shape index (κ1) is 12.6. The van der Waals surface area contributed by atoms with Crippen LogP contribution >= 0.6 is 0 Å². The maximum Gasteiger partial charge on any atom is 0.306 e. The van der Waals surface area contributed by atoms with E-state index < -0.39 is 5.97 Å². The lowest BCUT2D eigenvalue weighted by atomic mass is 9.81. The molecule has 3 N–H and O–H groups in total. The van der Waals surface area contributed by atoms with Gasteiger partial charge in [0.15, 0.2) is 0 Å². The number of nitrogens with zero attached hydrogens (tertiary/aromatic N) is 1. The van der Waals surface area contributed by atoms with E-state index in [2.05, 4.69) is 15.3 Å². The van der Waals surface area contributed by atoms with Crippen molar-refractivity contribution >= 4 is 11.9 Å². The number of carbonyl (C=O) groups is 2. The number of nitrogens with one attached hydrogen (secondary N) is 2. The van der Waals surface area contributed by atoms with Crippen LogP contribution in [0.2, 0.25) is 0 Å². The highest BCUT2D eigenvalue weighted by atomic mass is 16.4. The third kappa shape index (κ3) is 3.09. The van der Waals surface area contributed by atoms with E-state index in [1.807, 2.05) is 0 Å². The van der Waals surface area contributed by atoms with E-state index in [-0.39, 0.29) is 17.7 Å². The Morgan fingerprint density at radius 1 is 1.44 bits per heavy atom. The third-order valence-electron chi connectivity index (χ3n) is 3.40. The molecule has 0 spiro atoms. The standard InChI is InChI=1S/C12H17N3O3/c16-11(14-6-10-5-13-7-15-10)8-2-1-3-9(4-8)12(17)18/h5,7-9H,1-4,6H2,(H,13,15)(H,14,16)(H,17,18). The van der Waals surface area contributed by atoms with Gasteiger partial charge in [0.1, 0.15) is 0 Å². The summed E-state index contributed by atoms with van der Waals surface area (Å²) in [6.45, 7) is 0.410. The fourth-order valence-corrected chi connectivity index (χ4v) is 2.36. The number of amides is 1. The molecule has 2 atom stereocenters. The summed E-state index contributed by atoms with van der Waals surface area (Å²) in [5.41, 5.74) is 0.842. The van der Waals surface area contributed by atoms with Gasteiger partial charge in [0.05, 0.1) is 24.5 Å². The molecule has 6 nitrogen and oxygen atoms in total. The number of carbonyl (C=O) groups excluding carboxylic acids is 1. The van der Waals surface area contributed by atoms with Crippen LogP contribution in [0.3, 0.4) is 0 Å². The Labute approximate surface area is 105 Å². The van der Waals surface area contributed by atoms with Gasteiger partial charge in [0, 0.05) is 12.1 Å².